The third kappa shape index (κ3) is 4.65. The molecule has 0 spiro atoms. The minimum Gasteiger partial charge on any atom is -0.465 e. The Kier molecular flexibility index (Phi) is 5.69. The molecule has 3 heteroatoms. The van der Waals surface area contributed by atoms with E-state index < -0.39 is 0 Å². The minimum absolute atomic E-state index is 0.0283. The van der Waals surface area contributed by atoms with Crippen LogP contribution in [0.15, 0.2) is 0 Å². The van der Waals surface area contributed by atoms with Gasteiger partial charge in [-0.05, 0) is 25.7 Å². The lowest BCUT2D eigenvalue weighted by Gasteiger charge is -2.09. The number of ether oxygens (including phenoxy) is 1. The van der Waals surface area contributed by atoms with Crippen LogP contribution in [0.1, 0.15) is 51.9 Å². The highest BCUT2D eigenvalue weighted by molar-refractivity contribution is 5.72. The summed E-state index contributed by atoms with van der Waals surface area (Å²) in [4.78, 5) is 11.5. The van der Waals surface area contributed by atoms with E-state index in [1.807, 2.05) is 0 Å². The van der Waals surface area contributed by atoms with E-state index in [4.69, 9.17) is 10.5 Å². The summed E-state index contributed by atoms with van der Waals surface area (Å²) in [5.74, 6) is 0.0469. The molecule has 1 saturated carbocycles. The average molecular weight is 213 g/mol. The van der Waals surface area contributed by atoms with Crippen LogP contribution in [0, 0.1) is 5.92 Å². The number of carbonyl (C=O) groups is 1. The summed E-state index contributed by atoms with van der Waals surface area (Å²) in [7, 11) is 0. The second kappa shape index (κ2) is 6.83. The van der Waals surface area contributed by atoms with Gasteiger partial charge in [0.2, 0.25) is 0 Å². The molecule has 1 rings (SSSR count). The van der Waals surface area contributed by atoms with Crippen molar-refractivity contribution in [2.75, 3.05) is 6.61 Å². The summed E-state index contributed by atoms with van der Waals surface area (Å²) in [6, 6.07) is 0.211. The van der Waals surface area contributed by atoms with Crippen molar-refractivity contribution in [2.45, 2.75) is 57.9 Å². The molecule has 1 aliphatic rings. The lowest BCUT2D eigenvalue weighted by atomic mass is 10.1. The lowest BCUT2D eigenvalue weighted by molar-refractivity contribution is -0.148. The Morgan fingerprint density at radius 1 is 1.33 bits per heavy atom. The molecule has 3 nitrogen and oxygen atoms in total. The predicted octanol–water partition coefficient (Wildman–Crippen LogP) is 2.24. The quantitative estimate of drug-likeness (QED) is 0.544. The summed E-state index contributed by atoms with van der Waals surface area (Å²) in [6.07, 6.45) is 7.29. The van der Waals surface area contributed by atoms with E-state index in [1.54, 1.807) is 0 Å². The van der Waals surface area contributed by atoms with Crippen LogP contribution in [0.2, 0.25) is 0 Å². The van der Waals surface area contributed by atoms with Crippen molar-refractivity contribution in [1.29, 1.82) is 0 Å². The van der Waals surface area contributed by atoms with Gasteiger partial charge in [0.25, 0.3) is 0 Å². The Hall–Kier alpha value is -0.570. The van der Waals surface area contributed by atoms with Gasteiger partial charge in [-0.3, -0.25) is 4.79 Å². The largest absolute Gasteiger partial charge is 0.465 e. The molecule has 0 aromatic rings. The third-order valence-electron chi connectivity index (χ3n) is 3.05. The van der Waals surface area contributed by atoms with Gasteiger partial charge in [0.15, 0.2) is 0 Å². The molecule has 0 saturated heterocycles. The zero-order chi connectivity index (χ0) is 11.1. The first-order valence-corrected chi connectivity index (χ1v) is 6.16. The molecule has 0 heterocycles. The predicted molar refractivity (Wildman–Crippen MR) is 60.4 cm³/mol. The lowest BCUT2D eigenvalue weighted by Crippen LogP contribution is -2.19. The molecule has 0 bridgehead atoms. The van der Waals surface area contributed by atoms with Gasteiger partial charge in [0, 0.05) is 6.04 Å². The summed E-state index contributed by atoms with van der Waals surface area (Å²) < 4.78 is 5.23. The van der Waals surface area contributed by atoms with Crippen LogP contribution in [0.25, 0.3) is 0 Å². The molecule has 0 aliphatic heterocycles. The summed E-state index contributed by atoms with van der Waals surface area (Å²) in [5.41, 5.74) is 5.75. The van der Waals surface area contributed by atoms with Gasteiger partial charge in [-0.2, -0.15) is 0 Å². The molecule has 0 aromatic heterocycles. The minimum atomic E-state index is -0.0283. The first kappa shape index (κ1) is 12.5. The zero-order valence-corrected chi connectivity index (χ0v) is 9.71. The maximum atomic E-state index is 11.5. The molecule has 2 N–H and O–H groups in total. The fourth-order valence-corrected chi connectivity index (χ4v) is 2.05. The fourth-order valence-electron chi connectivity index (χ4n) is 2.05. The topological polar surface area (TPSA) is 52.3 Å². The van der Waals surface area contributed by atoms with Crippen molar-refractivity contribution >= 4 is 5.97 Å². The van der Waals surface area contributed by atoms with Crippen molar-refractivity contribution in [2.24, 2.45) is 11.7 Å². The van der Waals surface area contributed by atoms with Crippen molar-refractivity contribution in [3.8, 4) is 0 Å². The summed E-state index contributed by atoms with van der Waals surface area (Å²) in [6.45, 7) is 2.76. The molecule has 15 heavy (non-hydrogen) atoms. The number of nitrogens with two attached hydrogens (primary N) is 1. The van der Waals surface area contributed by atoms with Crippen LogP contribution in [-0.4, -0.2) is 18.6 Å². The first-order chi connectivity index (χ1) is 7.24. The molecular formula is C12H23NO2. The standard InChI is InChI=1S/C12H23NO2/c1-2-3-4-5-8-15-12(14)10-6-7-11(13)9-10/h10-11H,2-9,13H2,1H3. The number of esters is 1. The molecule has 1 fully saturated rings. The maximum Gasteiger partial charge on any atom is 0.308 e. The van der Waals surface area contributed by atoms with E-state index in [9.17, 15) is 4.79 Å². The highest BCUT2D eigenvalue weighted by atomic mass is 16.5. The van der Waals surface area contributed by atoms with Crippen molar-refractivity contribution in [3.63, 3.8) is 0 Å². The van der Waals surface area contributed by atoms with E-state index in [0.717, 1.165) is 32.1 Å². The Bertz CT molecular complexity index is 194. The monoisotopic (exact) mass is 213 g/mol. The van der Waals surface area contributed by atoms with E-state index in [2.05, 4.69) is 6.92 Å². The smallest absolute Gasteiger partial charge is 0.308 e. The molecule has 0 amide bonds. The van der Waals surface area contributed by atoms with Crippen molar-refractivity contribution in [1.82, 2.24) is 0 Å². The maximum absolute atomic E-state index is 11.5. The van der Waals surface area contributed by atoms with Crippen LogP contribution >= 0.6 is 0 Å². The van der Waals surface area contributed by atoms with Crippen LogP contribution in [0.5, 0.6) is 0 Å². The average Bonchev–Trinajstić information content (AvgIpc) is 2.64. The van der Waals surface area contributed by atoms with Gasteiger partial charge in [0.05, 0.1) is 12.5 Å². The molecule has 0 aromatic carbocycles. The van der Waals surface area contributed by atoms with E-state index >= 15 is 0 Å². The Morgan fingerprint density at radius 3 is 2.73 bits per heavy atom. The van der Waals surface area contributed by atoms with Gasteiger partial charge in [-0.25, -0.2) is 0 Å². The molecule has 0 radical (unpaired) electrons. The van der Waals surface area contributed by atoms with Crippen LogP contribution in [0.4, 0.5) is 0 Å². The highest BCUT2D eigenvalue weighted by Gasteiger charge is 2.28. The third-order valence-corrected chi connectivity index (χ3v) is 3.05. The second-order valence-corrected chi connectivity index (χ2v) is 4.50. The van der Waals surface area contributed by atoms with Gasteiger partial charge >= 0.3 is 5.97 Å². The van der Waals surface area contributed by atoms with E-state index in [1.165, 1.54) is 12.8 Å². The van der Waals surface area contributed by atoms with E-state index in [0.29, 0.717) is 6.61 Å². The van der Waals surface area contributed by atoms with Gasteiger partial charge in [-0.15, -0.1) is 0 Å². The van der Waals surface area contributed by atoms with Crippen LogP contribution in [0.3, 0.4) is 0 Å². The van der Waals surface area contributed by atoms with Gasteiger partial charge in [0.1, 0.15) is 0 Å². The number of hydrogen-bond acceptors (Lipinski definition) is 3. The zero-order valence-electron chi connectivity index (χ0n) is 9.71. The molecule has 1 aliphatic carbocycles. The Morgan fingerprint density at radius 2 is 2.13 bits per heavy atom. The molecule has 2 atom stereocenters. The number of carbonyl (C=O) groups excluding carboxylic acids is 1. The Balaban J connectivity index is 2.03. The molecule has 88 valence electrons. The van der Waals surface area contributed by atoms with Crippen molar-refractivity contribution in [3.05, 3.63) is 0 Å². The van der Waals surface area contributed by atoms with Crippen LogP contribution in [-0.2, 0) is 9.53 Å². The number of rotatable bonds is 6. The van der Waals surface area contributed by atoms with Gasteiger partial charge < -0.3 is 10.5 Å². The number of unbranched alkanes of at least 4 members (excludes halogenated alkanes) is 3. The summed E-state index contributed by atoms with van der Waals surface area (Å²) in [5, 5.41) is 0. The normalized spacial score (nSPS) is 25.5. The Labute approximate surface area is 92.4 Å². The number of hydrogen-bond donors (Lipinski definition) is 1. The van der Waals surface area contributed by atoms with Gasteiger partial charge in [-0.1, -0.05) is 26.2 Å². The fraction of sp³-hybridized carbons (Fsp3) is 0.917. The second-order valence-electron chi connectivity index (χ2n) is 4.50. The van der Waals surface area contributed by atoms with Crippen molar-refractivity contribution < 1.29 is 9.53 Å². The van der Waals surface area contributed by atoms with Crippen LogP contribution < -0.4 is 5.73 Å². The summed E-state index contributed by atoms with van der Waals surface area (Å²) >= 11 is 0. The first-order valence-electron chi connectivity index (χ1n) is 6.16. The highest BCUT2D eigenvalue weighted by Crippen LogP contribution is 2.25. The SMILES string of the molecule is CCCCCCOC(=O)C1CCC(N)C1. The molecular weight excluding hydrogens is 190 g/mol. The van der Waals surface area contributed by atoms with E-state index in [-0.39, 0.29) is 17.9 Å². The molecule has 2 unspecified atom stereocenters.